The molecule has 5 nitrogen and oxygen atoms in total. The molecule has 0 radical (unpaired) electrons. The fourth-order valence-corrected chi connectivity index (χ4v) is 1.59. The summed E-state index contributed by atoms with van der Waals surface area (Å²) in [5.41, 5.74) is 0.575. The number of carbonyl (C=O) groups is 1. The maximum Gasteiger partial charge on any atom is 0.335 e. The lowest BCUT2D eigenvalue weighted by atomic mass is 10.1. The van der Waals surface area contributed by atoms with E-state index in [1.54, 1.807) is 31.2 Å². The molecular formula is C17H23NO4. The van der Waals surface area contributed by atoms with Gasteiger partial charge in [-0.05, 0) is 43.5 Å². The number of esters is 1. The molecule has 5 heteroatoms. The molecule has 1 aromatic rings. The van der Waals surface area contributed by atoms with Crippen molar-refractivity contribution in [2.24, 2.45) is 5.92 Å². The van der Waals surface area contributed by atoms with Crippen molar-refractivity contribution in [3.63, 3.8) is 0 Å². The van der Waals surface area contributed by atoms with Gasteiger partial charge in [0.25, 0.3) is 0 Å². The zero-order valence-corrected chi connectivity index (χ0v) is 13.4. The molecular weight excluding hydrogens is 282 g/mol. The Morgan fingerprint density at radius 1 is 1.14 bits per heavy atom. The molecule has 0 saturated heterocycles. The van der Waals surface area contributed by atoms with Crippen LogP contribution in [0.1, 0.15) is 32.8 Å². The predicted octanol–water partition coefficient (Wildman–Crippen LogP) is 2.93. The third kappa shape index (κ3) is 7.09. The van der Waals surface area contributed by atoms with E-state index < -0.39 is 6.10 Å². The van der Waals surface area contributed by atoms with Crippen LogP contribution in [0.4, 0.5) is 0 Å². The molecule has 0 aliphatic carbocycles. The normalized spacial score (nSPS) is 11.8. The molecule has 0 N–H and O–H groups in total. The smallest absolute Gasteiger partial charge is 0.335 e. The van der Waals surface area contributed by atoms with Crippen molar-refractivity contribution in [2.75, 3.05) is 19.8 Å². The van der Waals surface area contributed by atoms with Gasteiger partial charge in [-0.2, -0.15) is 5.26 Å². The number of rotatable bonds is 9. The fourth-order valence-electron chi connectivity index (χ4n) is 1.59. The van der Waals surface area contributed by atoms with E-state index in [4.69, 9.17) is 19.5 Å². The number of nitrogens with zero attached hydrogens (tertiary/aromatic N) is 1. The van der Waals surface area contributed by atoms with Gasteiger partial charge in [0.2, 0.25) is 0 Å². The van der Waals surface area contributed by atoms with E-state index >= 15 is 0 Å². The maximum atomic E-state index is 11.7. The van der Waals surface area contributed by atoms with E-state index in [1.165, 1.54) is 0 Å². The Bertz CT molecular complexity index is 490. The van der Waals surface area contributed by atoms with Crippen molar-refractivity contribution in [1.29, 1.82) is 5.26 Å². The zero-order chi connectivity index (χ0) is 16.4. The Hall–Kier alpha value is -2.06. The second kappa shape index (κ2) is 9.80. The third-order valence-corrected chi connectivity index (χ3v) is 2.97. The van der Waals surface area contributed by atoms with Crippen LogP contribution in [0.15, 0.2) is 24.3 Å². The molecule has 120 valence electrons. The van der Waals surface area contributed by atoms with Gasteiger partial charge in [0.15, 0.2) is 6.10 Å². The molecule has 22 heavy (non-hydrogen) atoms. The molecule has 0 spiro atoms. The molecule has 1 atom stereocenters. The van der Waals surface area contributed by atoms with Gasteiger partial charge >= 0.3 is 5.97 Å². The lowest BCUT2D eigenvalue weighted by Gasteiger charge is -2.13. The third-order valence-electron chi connectivity index (χ3n) is 2.97. The molecule has 0 heterocycles. The molecule has 0 amide bonds. The van der Waals surface area contributed by atoms with Crippen LogP contribution < -0.4 is 4.74 Å². The Balaban J connectivity index is 2.17. The van der Waals surface area contributed by atoms with Crippen molar-refractivity contribution >= 4 is 5.97 Å². The minimum absolute atomic E-state index is 0.163. The molecule has 0 bridgehead atoms. The molecule has 0 aromatic heterocycles. The average Bonchev–Trinajstić information content (AvgIpc) is 2.51. The van der Waals surface area contributed by atoms with Crippen molar-refractivity contribution < 1.29 is 19.0 Å². The van der Waals surface area contributed by atoms with Gasteiger partial charge in [-0.25, -0.2) is 4.79 Å². The summed E-state index contributed by atoms with van der Waals surface area (Å²) in [6.45, 7) is 6.87. The Labute approximate surface area is 131 Å². The standard InChI is InChI=1S/C17H23NO4/c1-13(2)8-9-20-14(3)17(19)22-11-10-21-16-6-4-15(12-18)5-7-16/h4-7,13-14H,8-11H2,1-3H3. The first-order valence-corrected chi connectivity index (χ1v) is 7.44. The maximum absolute atomic E-state index is 11.7. The van der Waals surface area contributed by atoms with Gasteiger partial charge in [-0.3, -0.25) is 0 Å². The van der Waals surface area contributed by atoms with Crippen LogP contribution >= 0.6 is 0 Å². The SMILES string of the molecule is CC(C)CCOC(C)C(=O)OCCOc1ccc(C#N)cc1. The van der Waals surface area contributed by atoms with Crippen LogP contribution in [0.5, 0.6) is 5.75 Å². The Kier molecular flexibility index (Phi) is 8.01. The topological polar surface area (TPSA) is 68.6 Å². The number of ether oxygens (including phenoxy) is 3. The van der Waals surface area contributed by atoms with Crippen molar-refractivity contribution in [1.82, 2.24) is 0 Å². The molecule has 1 rings (SSSR count). The molecule has 0 saturated carbocycles. The summed E-state index contributed by atoms with van der Waals surface area (Å²) in [5, 5.41) is 8.69. The second-order valence-corrected chi connectivity index (χ2v) is 5.35. The lowest BCUT2D eigenvalue weighted by Crippen LogP contribution is -2.25. The quantitative estimate of drug-likeness (QED) is 0.518. The summed E-state index contributed by atoms with van der Waals surface area (Å²) in [7, 11) is 0. The molecule has 1 unspecified atom stereocenters. The summed E-state index contributed by atoms with van der Waals surface area (Å²) in [6.07, 6.45) is 0.355. The van der Waals surface area contributed by atoms with E-state index in [1.807, 2.05) is 6.07 Å². The highest BCUT2D eigenvalue weighted by atomic mass is 16.6. The monoisotopic (exact) mass is 305 g/mol. The van der Waals surface area contributed by atoms with E-state index in [2.05, 4.69) is 13.8 Å². The fraction of sp³-hybridized carbons (Fsp3) is 0.529. The van der Waals surface area contributed by atoms with Gasteiger partial charge in [0, 0.05) is 6.61 Å². The van der Waals surface area contributed by atoms with Gasteiger partial charge < -0.3 is 14.2 Å². The first-order chi connectivity index (χ1) is 10.5. The number of hydrogen-bond donors (Lipinski definition) is 0. The summed E-state index contributed by atoms with van der Waals surface area (Å²) in [6, 6.07) is 8.79. The van der Waals surface area contributed by atoms with E-state index in [0.717, 1.165) is 6.42 Å². The summed E-state index contributed by atoms with van der Waals surface area (Å²) < 4.78 is 15.9. The predicted molar refractivity (Wildman–Crippen MR) is 82.5 cm³/mol. The molecule has 0 fully saturated rings. The van der Waals surface area contributed by atoms with Crippen LogP contribution in [0.25, 0.3) is 0 Å². The highest BCUT2D eigenvalue weighted by Gasteiger charge is 2.14. The van der Waals surface area contributed by atoms with E-state index in [9.17, 15) is 4.79 Å². The Morgan fingerprint density at radius 3 is 2.41 bits per heavy atom. The number of carbonyl (C=O) groups excluding carboxylic acids is 1. The van der Waals surface area contributed by atoms with Gasteiger partial charge in [-0.1, -0.05) is 13.8 Å². The lowest BCUT2D eigenvalue weighted by molar-refractivity contribution is -0.156. The van der Waals surface area contributed by atoms with Crippen LogP contribution in [-0.4, -0.2) is 31.9 Å². The Morgan fingerprint density at radius 2 is 1.82 bits per heavy atom. The van der Waals surface area contributed by atoms with Gasteiger partial charge in [-0.15, -0.1) is 0 Å². The first kappa shape index (κ1) is 18.0. The largest absolute Gasteiger partial charge is 0.490 e. The zero-order valence-electron chi connectivity index (χ0n) is 13.4. The second-order valence-electron chi connectivity index (χ2n) is 5.35. The summed E-state index contributed by atoms with van der Waals surface area (Å²) in [5.74, 6) is 0.799. The summed E-state index contributed by atoms with van der Waals surface area (Å²) >= 11 is 0. The van der Waals surface area contributed by atoms with Crippen molar-refractivity contribution in [3.8, 4) is 11.8 Å². The number of nitriles is 1. The van der Waals surface area contributed by atoms with Gasteiger partial charge in [0.1, 0.15) is 19.0 Å². The highest BCUT2D eigenvalue weighted by molar-refractivity contribution is 5.74. The number of benzene rings is 1. The average molecular weight is 305 g/mol. The minimum atomic E-state index is -0.561. The van der Waals surface area contributed by atoms with Crippen LogP contribution in [0.3, 0.4) is 0 Å². The molecule has 0 aliphatic rings. The van der Waals surface area contributed by atoms with Gasteiger partial charge in [0.05, 0.1) is 11.6 Å². The van der Waals surface area contributed by atoms with E-state index in [0.29, 0.717) is 23.8 Å². The highest BCUT2D eigenvalue weighted by Crippen LogP contribution is 2.11. The van der Waals surface area contributed by atoms with Crippen LogP contribution in [-0.2, 0) is 14.3 Å². The van der Waals surface area contributed by atoms with Crippen LogP contribution in [0, 0.1) is 17.2 Å². The minimum Gasteiger partial charge on any atom is -0.490 e. The number of hydrogen-bond acceptors (Lipinski definition) is 5. The molecule has 0 aliphatic heterocycles. The first-order valence-electron chi connectivity index (χ1n) is 7.44. The summed E-state index contributed by atoms with van der Waals surface area (Å²) in [4.78, 5) is 11.7. The van der Waals surface area contributed by atoms with Crippen molar-refractivity contribution in [2.45, 2.75) is 33.3 Å². The van der Waals surface area contributed by atoms with E-state index in [-0.39, 0.29) is 19.2 Å². The van der Waals surface area contributed by atoms with Crippen molar-refractivity contribution in [3.05, 3.63) is 29.8 Å². The molecule has 1 aromatic carbocycles. The van der Waals surface area contributed by atoms with Crippen LogP contribution in [0.2, 0.25) is 0 Å².